The minimum absolute atomic E-state index is 0.777. The maximum atomic E-state index is 2.52. The van der Waals surface area contributed by atoms with Crippen LogP contribution >= 0.6 is 0 Å². The van der Waals surface area contributed by atoms with E-state index in [0.29, 0.717) is 0 Å². The first-order valence-corrected chi connectivity index (χ1v) is 3.96. The second-order valence-electron chi connectivity index (χ2n) is 3.83. The lowest BCUT2D eigenvalue weighted by molar-refractivity contribution is 0.177. The Hall–Kier alpha value is -0.0400. The first kappa shape index (κ1) is 5.72. The van der Waals surface area contributed by atoms with E-state index < -0.39 is 0 Å². The Labute approximate surface area is 57.0 Å². The Kier molecular flexibility index (Phi) is 0.963. The molecular formula is C8H15N. The third-order valence-corrected chi connectivity index (χ3v) is 3.30. The summed E-state index contributed by atoms with van der Waals surface area (Å²) in [6.07, 6.45) is 4.37. The van der Waals surface area contributed by atoms with Crippen LogP contribution in [0.15, 0.2) is 0 Å². The maximum Gasteiger partial charge on any atom is 0.0104 e. The average molecular weight is 125 g/mol. The second kappa shape index (κ2) is 1.51. The molecule has 0 aromatic rings. The van der Waals surface area contributed by atoms with Crippen molar-refractivity contribution in [3.63, 3.8) is 0 Å². The zero-order chi connectivity index (χ0) is 6.48. The minimum atomic E-state index is 0.777. The van der Waals surface area contributed by atoms with Crippen LogP contribution in [-0.2, 0) is 0 Å². The van der Waals surface area contributed by atoms with Crippen LogP contribution in [0, 0.1) is 5.41 Å². The monoisotopic (exact) mass is 125 g/mol. The molecule has 1 nitrogen and oxygen atoms in total. The highest BCUT2D eigenvalue weighted by atomic mass is 15.2. The number of rotatable bonds is 1. The zero-order valence-corrected chi connectivity index (χ0v) is 6.35. The molecule has 0 radical (unpaired) electrons. The lowest BCUT2D eigenvalue weighted by atomic mass is 9.68. The molecule has 2 saturated heterocycles. The Balaban J connectivity index is 2.09. The van der Waals surface area contributed by atoms with Crippen LogP contribution in [0.1, 0.15) is 26.2 Å². The van der Waals surface area contributed by atoms with Gasteiger partial charge in [0.1, 0.15) is 0 Å². The molecule has 1 saturated carbocycles. The molecule has 0 aromatic carbocycles. The summed E-state index contributed by atoms with van der Waals surface area (Å²) >= 11 is 0. The largest absolute Gasteiger partial charge is 0.303 e. The van der Waals surface area contributed by atoms with Crippen molar-refractivity contribution in [1.82, 2.24) is 4.90 Å². The maximum absolute atomic E-state index is 2.52. The molecule has 0 N–H and O–H groups in total. The van der Waals surface area contributed by atoms with Gasteiger partial charge in [0.25, 0.3) is 0 Å². The van der Waals surface area contributed by atoms with Crippen molar-refractivity contribution < 1.29 is 0 Å². The van der Waals surface area contributed by atoms with E-state index in [4.69, 9.17) is 0 Å². The standard InChI is InChI=1S/C8H15N/c1-3-8-4-7(5-8)9(2)6-8/h7H,3-6H2,1-2H3. The van der Waals surface area contributed by atoms with E-state index in [0.717, 1.165) is 11.5 Å². The fourth-order valence-corrected chi connectivity index (χ4v) is 2.44. The summed E-state index contributed by atoms with van der Waals surface area (Å²) < 4.78 is 0. The molecular weight excluding hydrogens is 110 g/mol. The van der Waals surface area contributed by atoms with E-state index in [-0.39, 0.29) is 0 Å². The molecule has 1 heteroatoms. The zero-order valence-electron chi connectivity index (χ0n) is 6.35. The van der Waals surface area contributed by atoms with Gasteiger partial charge in [0, 0.05) is 12.6 Å². The normalized spacial score (nSPS) is 49.3. The molecule has 0 spiro atoms. The van der Waals surface area contributed by atoms with Gasteiger partial charge in [0.2, 0.25) is 0 Å². The number of hydrogen-bond acceptors (Lipinski definition) is 1. The van der Waals surface area contributed by atoms with Crippen molar-refractivity contribution in [2.45, 2.75) is 32.2 Å². The van der Waals surface area contributed by atoms with Crippen LogP contribution in [0.4, 0.5) is 0 Å². The Morgan fingerprint density at radius 3 is 2.44 bits per heavy atom. The van der Waals surface area contributed by atoms with E-state index >= 15 is 0 Å². The van der Waals surface area contributed by atoms with E-state index in [1.54, 1.807) is 0 Å². The molecule has 2 heterocycles. The third-order valence-electron chi connectivity index (χ3n) is 3.30. The predicted octanol–water partition coefficient (Wildman–Crippen LogP) is 1.49. The van der Waals surface area contributed by atoms with Crippen molar-refractivity contribution in [3.8, 4) is 0 Å². The fraction of sp³-hybridized carbons (Fsp3) is 1.00. The van der Waals surface area contributed by atoms with Gasteiger partial charge in [-0.2, -0.15) is 0 Å². The minimum Gasteiger partial charge on any atom is -0.303 e. The van der Waals surface area contributed by atoms with Gasteiger partial charge in [-0.05, 0) is 31.7 Å². The van der Waals surface area contributed by atoms with E-state index in [9.17, 15) is 0 Å². The van der Waals surface area contributed by atoms with Gasteiger partial charge < -0.3 is 4.90 Å². The summed E-state index contributed by atoms with van der Waals surface area (Å²) in [5, 5.41) is 0. The summed E-state index contributed by atoms with van der Waals surface area (Å²) in [7, 11) is 2.26. The molecule has 0 unspecified atom stereocenters. The van der Waals surface area contributed by atoms with Crippen molar-refractivity contribution >= 4 is 0 Å². The van der Waals surface area contributed by atoms with Crippen LogP contribution in [0.2, 0.25) is 0 Å². The van der Waals surface area contributed by atoms with E-state index in [1.165, 1.54) is 25.8 Å². The number of hydrogen-bond donors (Lipinski definition) is 0. The quantitative estimate of drug-likeness (QED) is 0.513. The molecule has 52 valence electrons. The molecule has 0 atom stereocenters. The smallest absolute Gasteiger partial charge is 0.0104 e. The molecule has 3 fully saturated rings. The van der Waals surface area contributed by atoms with Crippen LogP contribution < -0.4 is 0 Å². The molecule has 9 heavy (non-hydrogen) atoms. The summed E-state index contributed by atoms with van der Waals surface area (Å²) in [5.74, 6) is 0. The van der Waals surface area contributed by atoms with Crippen molar-refractivity contribution in [3.05, 3.63) is 0 Å². The molecule has 1 aliphatic carbocycles. The van der Waals surface area contributed by atoms with Crippen LogP contribution in [0.3, 0.4) is 0 Å². The summed E-state index contributed by atoms with van der Waals surface area (Å²) in [5.41, 5.74) is 0.777. The van der Waals surface area contributed by atoms with Gasteiger partial charge in [-0.25, -0.2) is 0 Å². The Morgan fingerprint density at radius 1 is 1.56 bits per heavy atom. The van der Waals surface area contributed by atoms with Crippen molar-refractivity contribution in [1.29, 1.82) is 0 Å². The van der Waals surface area contributed by atoms with Crippen LogP contribution in [0.5, 0.6) is 0 Å². The molecule has 3 aliphatic rings. The van der Waals surface area contributed by atoms with E-state index in [2.05, 4.69) is 18.9 Å². The van der Waals surface area contributed by atoms with Gasteiger partial charge in [0.05, 0.1) is 0 Å². The third kappa shape index (κ3) is 0.586. The highest BCUT2D eigenvalue weighted by Gasteiger charge is 2.51. The Bertz CT molecular complexity index is 125. The summed E-state index contributed by atoms with van der Waals surface area (Å²) in [6.45, 7) is 3.70. The molecule has 0 aromatic heterocycles. The number of nitrogens with zero attached hydrogens (tertiary/aromatic N) is 1. The van der Waals surface area contributed by atoms with Crippen molar-refractivity contribution in [2.24, 2.45) is 5.41 Å². The summed E-state index contributed by atoms with van der Waals surface area (Å²) in [6, 6.07) is 0.963. The first-order chi connectivity index (χ1) is 4.26. The highest BCUT2D eigenvalue weighted by molar-refractivity contribution is 5.05. The van der Waals surface area contributed by atoms with Gasteiger partial charge in [-0.1, -0.05) is 6.92 Å². The molecule has 3 rings (SSSR count). The highest BCUT2D eigenvalue weighted by Crippen LogP contribution is 2.52. The topological polar surface area (TPSA) is 3.24 Å². The average Bonchev–Trinajstić information content (AvgIpc) is 2.18. The number of fused-ring (bicyclic) bond motifs is 1. The van der Waals surface area contributed by atoms with Gasteiger partial charge >= 0.3 is 0 Å². The molecule has 0 amide bonds. The molecule has 2 bridgehead atoms. The second-order valence-corrected chi connectivity index (χ2v) is 3.83. The van der Waals surface area contributed by atoms with E-state index in [1.807, 2.05) is 0 Å². The lowest BCUT2D eigenvalue weighted by Crippen LogP contribution is -2.33. The Morgan fingerprint density at radius 2 is 2.22 bits per heavy atom. The van der Waals surface area contributed by atoms with Gasteiger partial charge in [-0.15, -0.1) is 0 Å². The predicted molar refractivity (Wildman–Crippen MR) is 38.4 cm³/mol. The molecule has 2 aliphatic heterocycles. The van der Waals surface area contributed by atoms with Gasteiger partial charge in [0.15, 0.2) is 0 Å². The SMILES string of the molecule is CCC12CC(C1)N(C)C2. The first-order valence-electron chi connectivity index (χ1n) is 3.96. The van der Waals surface area contributed by atoms with Gasteiger partial charge in [-0.3, -0.25) is 0 Å². The summed E-state index contributed by atoms with van der Waals surface area (Å²) in [4.78, 5) is 2.52. The van der Waals surface area contributed by atoms with Crippen LogP contribution in [-0.4, -0.2) is 24.5 Å². The van der Waals surface area contributed by atoms with Crippen LogP contribution in [0.25, 0.3) is 0 Å². The van der Waals surface area contributed by atoms with Crippen molar-refractivity contribution in [2.75, 3.05) is 13.6 Å². The lowest BCUT2D eigenvalue weighted by Gasteiger charge is -2.36. The fourth-order valence-electron chi connectivity index (χ4n) is 2.44.